The Hall–Kier alpha value is -0.0400. The van der Waals surface area contributed by atoms with E-state index in [0.717, 1.165) is 6.54 Å². The summed E-state index contributed by atoms with van der Waals surface area (Å²) in [5.74, 6) is 0. The van der Waals surface area contributed by atoms with E-state index in [4.69, 9.17) is 0 Å². The van der Waals surface area contributed by atoms with Gasteiger partial charge in [-0.3, -0.25) is 0 Å². The Morgan fingerprint density at radius 3 is 2.08 bits per heavy atom. The summed E-state index contributed by atoms with van der Waals surface area (Å²) in [7, 11) is 2.21. The van der Waals surface area contributed by atoms with Gasteiger partial charge >= 0.3 is 0 Å². The van der Waals surface area contributed by atoms with Crippen LogP contribution in [0.2, 0.25) is 0 Å². The van der Waals surface area contributed by atoms with Crippen LogP contribution in [0.5, 0.6) is 0 Å². The first-order chi connectivity index (χ1) is 5.54. The van der Waals surface area contributed by atoms with E-state index in [0.29, 0.717) is 5.54 Å². The van der Waals surface area contributed by atoms with E-state index >= 15 is 0 Å². The molecule has 0 atom stereocenters. The van der Waals surface area contributed by atoms with Gasteiger partial charge in [-0.25, -0.2) is 0 Å². The van der Waals surface area contributed by atoms with Crippen molar-refractivity contribution in [1.82, 2.24) is 4.90 Å². The van der Waals surface area contributed by atoms with Gasteiger partial charge in [0, 0.05) is 5.54 Å². The summed E-state index contributed by atoms with van der Waals surface area (Å²) in [5, 5.41) is 0. The number of hydrogen-bond acceptors (Lipinski definition) is 1. The Bertz CT molecular complexity index is 108. The van der Waals surface area contributed by atoms with Crippen LogP contribution in [0.1, 0.15) is 53.4 Å². The molecule has 1 nitrogen and oxygen atoms in total. The lowest BCUT2D eigenvalue weighted by molar-refractivity contribution is 0.149. The normalized spacial score (nSPS) is 12.5. The lowest BCUT2D eigenvalue weighted by atomic mass is 9.95. The molecule has 0 bridgehead atoms. The van der Waals surface area contributed by atoms with Crippen molar-refractivity contribution in [2.75, 3.05) is 13.6 Å². The maximum absolute atomic E-state index is 2.43. The van der Waals surface area contributed by atoms with Crippen molar-refractivity contribution in [1.29, 1.82) is 0 Å². The van der Waals surface area contributed by atoms with E-state index in [1.54, 1.807) is 0 Å². The van der Waals surface area contributed by atoms with E-state index in [1.807, 2.05) is 0 Å². The second kappa shape index (κ2) is 5.58. The lowest BCUT2D eigenvalue weighted by Crippen LogP contribution is -2.40. The van der Waals surface area contributed by atoms with Crippen molar-refractivity contribution in [3.63, 3.8) is 0 Å². The van der Waals surface area contributed by atoms with Gasteiger partial charge in [0.15, 0.2) is 0 Å². The monoisotopic (exact) mass is 171 g/mol. The molecule has 0 heterocycles. The van der Waals surface area contributed by atoms with E-state index < -0.39 is 0 Å². The first-order valence-electron chi connectivity index (χ1n) is 5.25. The Kier molecular flexibility index (Phi) is 5.56. The molecule has 0 rings (SSSR count). The highest BCUT2D eigenvalue weighted by Gasteiger charge is 2.20. The van der Waals surface area contributed by atoms with Crippen LogP contribution in [0, 0.1) is 0 Å². The highest BCUT2D eigenvalue weighted by molar-refractivity contribution is 4.77. The third-order valence-electron chi connectivity index (χ3n) is 2.90. The maximum atomic E-state index is 2.43. The van der Waals surface area contributed by atoms with Crippen LogP contribution >= 0.6 is 0 Å². The average molecular weight is 171 g/mol. The zero-order valence-electron chi connectivity index (χ0n) is 9.48. The van der Waals surface area contributed by atoms with Crippen LogP contribution in [0.4, 0.5) is 0 Å². The van der Waals surface area contributed by atoms with Gasteiger partial charge in [-0.1, -0.05) is 33.1 Å². The third-order valence-corrected chi connectivity index (χ3v) is 2.90. The molecule has 0 aliphatic heterocycles. The summed E-state index contributed by atoms with van der Waals surface area (Å²) in [4.78, 5) is 2.43. The van der Waals surface area contributed by atoms with E-state index in [1.165, 1.54) is 25.7 Å². The molecule has 0 saturated heterocycles. The average Bonchev–Trinajstić information content (AvgIpc) is 2.03. The summed E-state index contributed by atoms with van der Waals surface area (Å²) < 4.78 is 0. The zero-order chi connectivity index (χ0) is 9.61. The topological polar surface area (TPSA) is 3.24 Å². The molecule has 0 aliphatic carbocycles. The second-order valence-electron chi connectivity index (χ2n) is 4.28. The third kappa shape index (κ3) is 4.10. The van der Waals surface area contributed by atoms with Gasteiger partial charge in [0.1, 0.15) is 0 Å². The summed E-state index contributed by atoms with van der Waals surface area (Å²) in [5.41, 5.74) is 0.393. The number of rotatable bonds is 6. The predicted molar refractivity (Wildman–Crippen MR) is 56.5 cm³/mol. The molecule has 0 aliphatic rings. The summed E-state index contributed by atoms with van der Waals surface area (Å²) in [6.07, 6.45) is 5.39. The zero-order valence-corrected chi connectivity index (χ0v) is 9.48. The molecular weight excluding hydrogens is 146 g/mol. The van der Waals surface area contributed by atoms with Crippen molar-refractivity contribution < 1.29 is 0 Å². The van der Waals surface area contributed by atoms with Gasteiger partial charge in [-0.15, -0.1) is 0 Å². The van der Waals surface area contributed by atoms with Crippen molar-refractivity contribution in [2.45, 2.75) is 58.9 Å². The van der Waals surface area contributed by atoms with Crippen molar-refractivity contribution >= 4 is 0 Å². The smallest absolute Gasteiger partial charge is 0.0150 e. The number of nitrogens with zero attached hydrogens (tertiary/aromatic N) is 1. The van der Waals surface area contributed by atoms with Gasteiger partial charge < -0.3 is 4.90 Å². The first kappa shape index (κ1) is 12.0. The van der Waals surface area contributed by atoms with Crippen LogP contribution in [-0.2, 0) is 0 Å². The molecular formula is C11H25N. The summed E-state index contributed by atoms with van der Waals surface area (Å²) in [6, 6.07) is 0. The molecule has 1 heteroatoms. The fourth-order valence-corrected chi connectivity index (χ4v) is 1.43. The van der Waals surface area contributed by atoms with Gasteiger partial charge in [0.25, 0.3) is 0 Å². The Balaban J connectivity index is 3.70. The molecule has 74 valence electrons. The number of unbranched alkanes of at least 4 members (excludes halogenated alkanes) is 2. The lowest BCUT2D eigenvalue weighted by Gasteiger charge is -2.35. The molecule has 0 fully saturated rings. The minimum absolute atomic E-state index is 0.393. The van der Waals surface area contributed by atoms with Crippen LogP contribution in [0.15, 0.2) is 0 Å². The van der Waals surface area contributed by atoms with Crippen LogP contribution in [0.25, 0.3) is 0 Å². The predicted octanol–water partition coefficient (Wildman–Crippen LogP) is 3.30. The van der Waals surface area contributed by atoms with Crippen LogP contribution in [0.3, 0.4) is 0 Å². The highest BCUT2D eigenvalue weighted by atomic mass is 15.2. The standard InChI is InChI=1S/C11H25N/c1-6-8-9-10-11(3,4)12(5)7-2/h6-10H2,1-5H3. The molecule has 0 saturated carbocycles. The Labute approximate surface area is 78.1 Å². The SMILES string of the molecule is CCCCCC(C)(C)N(C)CC. The first-order valence-corrected chi connectivity index (χ1v) is 5.25. The summed E-state index contributed by atoms with van der Waals surface area (Å²) in [6.45, 7) is 10.3. The van der Waals surface area contributed by atoms with Crippen molar-refractivity contribution in [3.8, 4) is 0 Å². The molecule has 0 spiro atoms. The van der Waals surface area contributed by atoms with E-state index in [2.05, 4.69) is 39.6 Å². The number of hydrogen-bond donors (Lipinski definition) is 0. The van der Waals surface area contributed by atoms with Gasteiger partial charge in [0.05, 0.1) is 0 Å². The summed E-state index contributed by atoms with van der Waals surface area (Å²) >= 11 is 0. The molecule has 0 aromatic rings. The van der Waals surface area contributed by atoms with Gasteiger partial charge in [-0.2, -0.15) is 0 Å². The minimum Gasteiger partial charge on any atom is -0.302 e. The van der Waals surface area contributed by atoms with Crippen molar-refractivity contribution in [3.05, 3.63) is 0 Å². The highest BCUT2D eigenvalue weighted by Crippen LogP contribution is 2.19. The fourth-order valence-electron chi connectivity index (χ4n) is 1.43. The molecule has 0 aromatic heterocycles. The molecule has 0 radical (unpaired) electrons. The van der Waals surface area contributed by atoms with Gasteiger partial charge in [0.2, 0.25) is 0 Å². The Morgan fingerprint density at radius 1 is 1.08 bits per heavy atom. The fraction of sp³-hybridized carbons (Fsp3) is 1.00. The van der Waals surface area contributed by atoms with Crippen LogP contribution in [-0.4, -0.2) is 24.0 Å². The molecule has 0 amide bonds. The molecule has 12 heavy (non-hydrogen) atoms. The molecule has 0 N–H and O–H groups in total. The Morgan fingerprint density at radius 2 is 1.67 bits per heavy atom. The van der Waals surface area contributed by atoms with Crippen LogP contribution < -0.4 is 0 Å². The van der Waals surface area contributed by atoms with E-state index in [-0.39, 0.29) is 0 Å². The maximum Gasteiger partial charge on any atom is 0.0150 e. The van der Waals surface area contributed by atoms with E-state index in [9.17, 15) is 0 Å². The molecule has 0 aromatic carbocycles. The van der Waals surface area contributed by atoms with Gasteiger partial charge in [-0.05, 0) is 33.9 Å². The second-order valence-corrected chi connectivity index (χ2v) is 4.28. The quantitative estimate of drug-likeness (QED) is 0.554. The minimum atomic E-state index is 0.393. The molecule has 0 unspecified atom stereocenters. The largest absolute Gasteiger partial charge is 0.302 e. The van der Waals surface area contributed by atoms with Crippen molar-refractivity contribution in [2.24, 2.45) is 0 Å².